The summed E-state index contributed by atoms with van der Waals surface area (Å²) in [5, 5.41) is 37.1. The van der Waals surface area contributed by atoms with Crippen molar-refractivity contribution in [2.24, 2.45) is 0 Å². The normalized spacial score (nSPS) is 15.7. The predicted molar refractivity (Wildman–Crippen MR) is 90.8 cm³/mol. The summed E-state index contributed by atoms with van der Waals surface area (Å²) < 4.78 is 0. The number of rotatable bonds is 16. The number of hydrogen-bond donors (Lipinski definition) is 4. The smallest absolute Gasteiger partial charge is 0.108 e. The maximum atomic E-state index is 9.66. The third-order valence-electron chi connectivity index (χ3n) is 4.33. The molecule has 0 fully saturated rings. The highest BCUT2D eigenvalue weighted by molar-refractivity contribution is 4.74. The minimum atomic E-state index is -1.24. The molecule has 0 aliphatic heterocycles. The molecule has 0 aromatic heterocycles. The Labute approximate surface area is 136 Å². The molecule has 4 nitrogen and oxygen atoms in total. The third-order valence-corrected chi connectivity index (χ3v) is 4.33. The van der Waals surface area contributed by atoms with Crippen LogP contribution < -0.4 is 0 Å². The molecule has 0 aliphatic carbocycles. The van der Waals surface area contributed by atoms with Gasteiger partial charge < -0.3 is 20.4 Å². The van der Waals surface area contributed by atoms with Crippen LogP contribution in [-0.4, -0.2) is 45.3 Å². The first kappa shape index (κ1) is 21.8. The minimum absolute atomic E-state index is 0.482. The molecular weight excluding hydrogens is 280 g/mol. The number of aliphatic hydroxyl groups is 4. The highest BCUT2D eigenvalue weighted by Crippen LogP contribution is 2.14. The molecule has 0 aliphatic rings. The van der Waals surface area contributed by atoms with Crippen molar-refractivity contribution in [2.75, 3.05) is 6.61 Å². The van der Waals surface area contributed by atoms with Crippen molar-refractivity contribution in [3.8, 4) is 0 Å². The van der Waals surface area contributed by atoms with Crippen LogP contribution in [0.15, 0.2) is 0 Å². The molecule has 4 heteroatoms. The Bertz CT molecular complexity index is 223. The van der Waals surface area contributed by atoms with Crippen LogP contribution in [0.2, 0.25) is 0 Å². The van der Waals surface area contributed by atoms with Gasteiger partial charge in [0.05, 0.1) is 12.7 Å². The molecule has 0 amide bonds. The van der Waals surface area contributed by atoms with E-state index in [-0.39, 0.29) is 0 Å². The Balaban J connectivity index is 3.26. The molecule has 0 unspecified atom stereocenters. The van der Waals surface area contributed by atoms with Crippen LogP contribution in [-0.2, 0) is 0 Å². The molecule has 0 radical (unpaired) electrons. The van der Waals surface area contributed by atoms with Gasteiger partial charge in [0, 0.05) is 0 Å². The van der Waals surface area contributed by atoms with Gasteiger partial charge in [-0.15, -0.1) is 0 Å². The molecule has 0 aromatic carbocycles. The van der Waals surface area contributed by atoms with Gasteiger partial charge in [0.15, 0.2) is 0 Å². The van der Waals surface area contributed by atoms with Crippen molar-refractivity contribution in [2.45, 2.75) is 109 Å². The average Bonchev–Trinajstić information content (AvgIpc) is 2.54. The van der Waals surface area contributed by atoms with Crippen LogP contribution in [0.3, 0.4) is 0 Å². The molecule has 0 aromatic rings. The lowest BCUT2D eigenvalue weighted by atomic mass is 10.0. The number of hydrogen-bond acceptors (Lipinski definition) is 4. The van der Waals surface area contributed by atoms with Gasteiger partial charge in [0.2, 0.25) is 0 Å². The topological polar surface area (TPSA) is 80.9 Å². The van der Waals surface area contributed by atoms with Gasteiger partial charge in [-0.3, -0.25) is 0 Å². The Morgan fingerprint density at radius 2 is 1.00 bits per heavy atom. The van der Waals surface area contributed by atoms with Gasteiger partial charge in [-0.1, -0.05) is 84.0 Å². The lowest BCUT2D eigenvalue weighted by molar-refractivity contribution is -0.0787. The SMILES string of the molecule is CCCCCCCCCCCCCC[C@H](O)[C@@H](O)[C@H](O)CO. The molecule has 134 valence electrons. The van der Waals surface area contributed by atoms with Crippen molar-refractivity contribution in [3.63, 3.8) is 0 Å². The summed E-state index contributed by atoms with van der Waals surface area (Å²) in [5.41, 5.74) is 0. The maximum Gasteiger partial charge on any atom is 0.108 e. The highest BCUT2D eigenvalue weighted by atomic mass is 16.4. The summed E-state index contributed by atoms with van der Waals surface area (Å²) in [6.07, 6.45) is 12.2. The zero-order chi connectivity index (χ0) is 16.6. The van der Waals surface area contributed by atoms with Crippen molar-refractivity contribution >= 4 is 0 Å². The van der Waals surface area contributed by atoms with Crippen LogP contribution in [0, 0.1) is 0 Å². The number of aliphatic hydroxyl groups excluding tert-OH is 4. The van der Waals surface area contributed by atoms with Crippen LogP contribution in [0.1, 0.15) is 90.4 Å². The van der Waals surface area contributed by atoms with Gasteiger partial charge >= 0.3 is 0 Å². The summed E-state index contributed by atoms with van der Waals surface area (Å²) >= 11 is 0. The lowest BCUT2D eigenvalue weighted by Gasteiger charge is -2.21. The summed E-state index contributed by atoms with van der Waals surface area (Å²) in [5.74, 6) is 0. The largest absolute Gasteiger partial charge is 0.394 e. The van der Waals surface area contributed by atoms with E-state index < -0.39 is 24.9 Å². The third kappa shape index (κ3) is 12.4. The van der Waals surface area contributed by atoms with Gasteiger partial charge in [-0.2, -0.15) is 0 Å². The second kappa shape index (κ2) is 15.7. The fourth-order valence-electron chi connectivity index (χ4n) is 2.73. The lowest BCUT2D eigenvalue weighted by Crippen LogP contribution is -2.39. The van der Waals surface area contributed by atoms with Crippen molar-refractivity contribution in [3.05, 3.63) is 0 Å². The fraction of sp³-hybridized carbons (Fsp3) is 1.00. The number of unbranched alkanes of at least 4 members (excludes halogenated alkanes) is 11. The van der Waals surface area contributed by atoms with E-state index in [2.05, 4.69) is 6.92 Å². The van der Waals surface area contributed by atoms with E-state index in [1.165, 1.54) is 64.2 Å². The van der Waals surface area contributed by atoms with E-state index in [9.17, 15) is 15.3 Å². The minimum Gasteiger partial charge on any atom is -0.394 e. The zero-order valence-corrected chi connectivity index (χ0v) is 14.4. The molecule has 0 saturated heterocycles. The van der Waals surface area contributed by atoms with E-state index in [1.807, 2.05) is 0 Å². The second-order valence-corrected chi connectivity index (χ2v) is 6.49. The van der Waals surface area contributed by atoms with E-state index in [0.29, 0.717) is 6.42 Å². The molecule has 0 rings (SSSR count). The molecule has 3 atom stereocenters. The van der Waals surface area contributed by atoms with Crippen molar-refractivity contribution in [1.29, 1.82) is 0 Å². The molecule has 0 heterocycles. The van der Waals surface area contributed by atoms with E-state index in [1.54, 1.807) is 0 Å². The predicted octanol–water partition coefficient (Wildman–Crippen LogP) is 3.15. The Kier molecular flexibility index (Phi) is 15.6. The first-order valence-electron chi connectivity index (χ1n) is 9.28. The molecule has 0 spiro atoms. The summed E-state index contributed by atoms with van der Waals surface area (Å²) in [6, 6.07) is 0. The highest BCUT2D eigenvalue weighted by Gasteiger charge is 2.23. The summed E-state index contributed by atoms with van der Waals surface area (Å²) in [7, 11) is 0. The van der Waals surface area contributed by atoms with E-state index >= 15 is 0 Å². The Morgan fingerprint density at radius 1 is 0.591 bits per heavy atom. The molecule has 22 heavy (non-hydrogen) atoms. The van der Waals surface area contributed by atoms with E-state index in [0.717, 1.165) is 12.8 Å². The first-order valence-corrected chi connectivity index (χ1v) is 9.28. The monoisotopic (exact) mass is 318 g/mol. The first-order chi connectivity index (χ1) is 10.6. The van der Waals surface area contributed by atoms with Crippen LogP contribution in [0.4, 0.5) is 0 Å². The van der Waals surface area contributed by atoms with Gasteiger partial charge in [-0.25, -0.2) is 0 Å². The van der Waals surface area contributed by atoms with Crippen molar-refractivity contribution in [1.82, 2.24) is 0 Å². The van der Waals surface area contributed by atoms with Gasteiger partial charge in [0.25, 0.3) is 0 Å². The van der Waals surface area contributed by atoms with Crippen molar-refractivity contribution < 1.29 is 20.4 Å². The quantitative estimate of drug-likeness (QED) is 0.330. The fourth-order valence-corrected chi connectivity index (χ4v) is 2.73. The van der Waals surface area contributed by atoms with Crippen LogP contribution in [0.25, 0.3) is 0 Å². The molecule has 0 bridgehead atoms. The zero-order valence-electron chi connectivity index (χ0n) is 14.4. The standard InChI is InChI=1S/C18H38O4/c1-2-3-4-5-6-7-8-9-10-11-12-13-14-16(20)18(22)17(21)15-19/h16-22H,2-15H2,1H3/t16-,17+,18+/m0/s1. The maximum absolute atomic E-state index is 9.66. The molecular formula is C18H38O4. The second-order valence-electron chi connectivity index (χ2n) is 6.49. The summed E-state index contributed by atoms with van der Waals surface area (Å²) in [6.45, 7) is 1.73. The van der Waals surface area contributed by atoms with E-state index in [4.69, 9.17) is 5.11 Å². The van der Waals surface area contributed by atoms with Gasteiger partial charge in [0.1, 0.15) is 12.2 Å². The van der Waals surface area contributed by atoms with Crippen LogP contribution in [0.5, 0.6) is 0 Å². The van der Waals surface area contributed by atoms with Crippen LogP contribution >= 0.6 is 0 Å². The average molecular weight is 318 g/mol. The van der Waals surface area contributed by atoms with Gasteiger partial charge in [-0.05, 0) is 6.42 Å². The Morgan fingerprint density at radius 3 is 1.41 bits per heavy atom. The summed E-state index contributed by atoms with van der Waals surface area (Å²) in [4.78, 5) is 0. The molecule has 0 saturated carbocycles. The molecule has 4 N–H and O–H groups in total. The Hall–Kier alpha value is -0.160.